The minimum Gasteiger partial charge on any atom is -0.398 e. The lowest BCUT2D eigenvalue weighted by molar-refractivity contribution is 0.101. The van der Waals surface area contributed by atoms with Crippen LogP contribution in [0.4, 0.5) is 11.4 Å². The van der Waals surface area contributed by atoms with E-state index in [2.05, 4.69) is 18.7 Å². The second kappa shape index (κ2) is 5.01. The zero-order valence-electron chi connectivity index (χ0n) is 11.4. The molecule has 1 aromatic rings. The minimum atomic E-state index is 0.0363. The van der Waals surface area contributed by atoms with E-state index >= 15 is 0 Å². The smallest absolute Gasteiger partial charge is 0.161 e. The van der Waals surface area contributed by atoms with Crippen molar-refractivity contribution in [2.24, 2.45) is 0 Å². The van der Waals surface area contributed by atoms with E-state index in [0.29, 0.717) is 23.3 Å². The number of hydrogen-bond acceptors (Lipinski definition) is 3. The molecule has 1 aliphatic rings. The molecular formula is C15H22N2O. The molecule has 0 radical (unpaired) electrons. The van der Waals surface area contributed by atoms with E-state index < -0.39 is 0 Å². The SMILES string of the molecule is CCC1CCC(C)N1c1ccc(N)c(C(C)=O)c1. The van der Waals surface area contributed by atoms with Crippen molar-refractivity contribution in [3.63, 3.8) is 0 Å². The first kappa shape index (κ1) is 12.9. The fourth-order valence-corrected chi connectivity index (χ4v) is 2.95. The number of ketones is 1. The van der Waals surface area contributed by atoms with Gasteiger partial charge in [-0.05, 0) is 51.3 Å². The van der Waals surface area contributed by atoms with Crippen molar-refractivity contribution in [3.05, 3.63) is 23.8 Å². The molecular weight excluding hydrogens is 224 g/mol. The Bertz CT molecular complexity index is 456. The number of rotatable bonds is 3. The van der Waals surface area contributed by atoms with Gasteiger partial charge in [0.25, 0.3) is 0 Å². The highest BCUT2D eigenvalue weighted by atomic mass is 16.1. The first-order chi connectivity index (χ1) is 8.54. The maximum absolute atomic E-state index is 11.6. The second-order valence-electron chi connectivity index (χ2n) is 5.22. The quantitative estimate of drug-likeness (QED) is 0.658. The van der Waals surface area contributed by atoms with E-state index in [0.717, 1.165) is 12.1 Å². The van der Waals surface area contributed by atoms with Gasteiger partial charge in [0.2, 0.25) is 0 Å². The summed E-state index contributed by atoms with van der Waals surface area (Å²) in [6.45, 7) is 6.04. The Labute approximate surface area is 109 Å². The van der Waals surface area contributed by atoms with Gasteiger partial charge in [-0.3, -0.25) is 4.79 Å². The highest BCUT2D eigenvalue weighted by Crippen LogP contribution is 2.33. The zero-order chi connectivity index (χ0) is 13.3. The largest absolute Gasteiger partial charge is 0.398 e. The average Bonchev–Trinajstić information content (AvgIpc) is 2.71. The van der Waals surface area contributed by atoms with Crippen LogP contribution in [0, 0.1) is 0 Å². The van der Waals surface area contributed by atoms with Gasteiger partial charge < -0.3 is 10.6 Å². The molecule has 1 aromatic carbocycles. The molecule has 1 aliphatic heterocycles. The maximum Gasteiger partial charge on any atom is 0.161 e. The van der Waals surface area contributed by atoms with E-state index in [1.54, 1.807) is 6.92 Å². The fourth-order valence-electron chi connectivity index (χ4n) is 2.95. The third-order valence-electron chi connectivity index (χ3n) is 3.97. The molecule has 2 atom stereocenters. The summed E-state index contributed by atoms with van der Waals surface area (Å²) in [6.07, 6.45) is 3.60. The topological polar surface area (TPSA) is 46.3 Å². The number of anilines is 2. The molecule has 0 aliphatic carbocycles. The molecule has 0 saturated carbocycles. The van der Waals surface area contributed by atoms with Crippen LogP contribution in [0.5, 0.6) is 0 Å². The van der Waals surface area contributed by atoms with Crippen LogP contribution >= 0.6 is 0 Å². The highest BCUT2D eigenvalue weighted by Gasteiger charge is 2.29. The van der Waals surface area contributed by atoms with E-state index in [4.69, 9.17) is 5.73 Å². The van der Waals surface area contributed by atoms with Gasteiger partial charge in [0, 0.05) is 29.0 Å². The number of hydrogen-bond donors (Lipinski definition) is 1. The molecule has 1 heterocycles. The van der Waals surface area contributed by atoms with E-state index in [-0.39, 0.29) is 5.78 Å². The van der Waals surface area contributed by atoms with Gasteiger partial charge in [-0.25, -0.2) is 0 Å². The lowest BCUT2D eigenvalue weighted by atomic mass is 10.1. The maximum atomic E-state index is 11.6. The molecule has 0 spiro atoms. The lowest BCUT2D eigenvalue weighted by Crippen LogP contribution is -2.34. The molecule has 0 amide bonds. The van der Waals surface area contributed by atoms with Gasteiger partial charge in [0.1, 0.15) is 0 Å². The molecule has 1 saturated heterocycles. The molecule has 2 unspecified atom stereocenters. The van der Waals surface area contributed by atoms with Gasteiger partial charge in [-0.2, -0.15) is 0 Å². The molecule has 3 nitrogen and oxygen atoms in total. The predicted octanol–water partition coefficient (Wildman–Crippen LogP) is 3.24. The van der Waals surface area contributed by atoms with Crippen molar-refractivity contribution in [1.29, 1.82) is 0 Å². The van der Waals surface area contributed by atoms with Gasteiger partial charge in [-0.1, -0.05) is 6.92 Å². The highest BCUT2D eigenvalue weighted by molar-refractivity contribution is 6.00. The normalized spacial score (nSPS) is 23.4. The number of nitrogen functional groups attached to an aromatic ring is 1. The molecule has 98 valence electrons. The first-order valence-electron chi connectivity index (χ1n) is 6.73. The number of nitrogens with zero attached hydrogens (tertiary/aromatic N) is 1. The predicted molar refractivity (Wildman–Crippen MR) is 76.1 cm³/mol. The van der Waals surface area contributed by atoms with Gasteiger partial charge in [0.15, 0.2) is 5.78 Å². The molecule has 2 N–H and O–H groups in total. The van der Waals surface area contributed by atoms with Crippen molar-refractivity contribution in [2.75, 3.05) is 10.6 Å². The van der Waals surface area contributed by atoms with Crippen LogP contribution in [0.25, 0.3) is 0 Å². The summed E-state index contributed by atoms with van der Waals surface area (Å²) in [7, 11) is 0. The Hall–Kier alpha value is -1.51. The van der Waals surface area contributed by atoms with Crippen molar-refractivity contribution < 1.29 is 4.79 Å². The van der Waals surface area contributed by atoms with Crippen LogP contribution < -0.4 is 10.6 Å². The number of nitrogens with two attached hydrogens (primary N) is 1. The zero-order valence-corrected chi connectivity index (χ0v) is 11.4. The molecule has 3 heteroatoms. The number of carbonyl (C=O) groups is 1. The Kier molecular flexibility index (Phi) is 3.60. The molecule has 0 aromatic heterocycles. The Balaban J connectivity index is 2.38. The van der Waals surface area contributed by atoms with Crippen molar-refractivity contribution in [1.82, 2.24) is 0 Å². The van der Waals surface area contributed by atoms with Crippen molar-refractivity contribution in [3.8, 4) is 0 Å². The third-order valence-corrected chi connectivity index (χ3v) is 3.97. The Morgan fingerprint density at radius 3 is 2.78 bits per heavy atom. The van der Waals surface area contributed by atoms with Crippen LogP contribution in [0.1, 0.15) is 50.4 Å². The summed E-state index contributed by atoms with van der Waals surface area (Å²) in [6, 6.07) is 6.96. The number of Topliss-reactive ketones (excluding diaryl/α,β-unsaturated/α-hetero) is 1. The standard InChI is InChI=1S/C15H22N2O/c1-4-12-6-5-10(2)17(12)13-7-8-15(16)14(9-13)11(3)18/h7-10,12H,4-6,16H2,1-3H3. The van der Waals surface area contributed by atoms with Gasteiger partial charge in [0.05, 0.1) is 0 Å². The summed E-state index contributed by atoms with van der Waals surface area (Å²) in [4.78, 5) is 14.0. The van der Waals surface area contributed by atoms with Crippen LogP contribution in [0.3, 0.4) is 0 Å². The van der Waals surface area contributed by atoms with E-state index in [1.165, 1.54) is 12.8 Å². The molecule has 1 fully saturated rings. The summed E-state index contributed by atoms with van der Waals surface area (Å²) >= 11 is 0. The number of benzene rings is 1. The molecule has 0 bridgehead atoms. The first-order valence-corrected chi connectivity index (χ1v) is 6.73. The van der Waals surface area contributed by atoms with Gasteiger partial charge >= 0.3 is 0 Å². The van der Waals surface area contributed by atoms with Crippen molar-refractivity contribution >= 4 is 17.2 Å². The monoisotopic (exact) mass is 246 g/mol. The van der Waals surface area contributed by atoms with E-state index in [1.807, 2.05) is 18.2 Å². The summed E-state index contributed by atoms with van der Waals surface area (Å²) < 4.78 is 0. The second-order valence-corrected chi connectivity index (χ2v) is 5.22. The third kappa shape index (κ3) is 2.22. The van der Waals surface area contributed by atoms with Crippen LogP contribution in [0.15, 0.2) is 18.2 Å². The average molecular weight is 246 g/mol. The van der Waals surface area contributed by atoms with Crippen molar-refractivity contribution in [2.45, 2.75) is 52.1 Å². The summed E-state index contributed by atoms with van der Waals surface area (Å²) in [5.41, 5.74) is 8.20. The van der Waals surface area contributed by atoms with Gasteiger partial charge in [-0.15, -0.1) is 0 Å². The molecule has 2 rings (SSSR count). The van der Waals surface area contributed by atoms with Crippen LogP contribution in [0.2, 0.25) is 0 Å². The van der Waals surface area contributed by atoms with Crippen LogP contribution in [-0.4, -0.2) is 17.9 Å². The Morgan fingerprint density at radius 2 is 2.17 bits per heavy atom. The lowest BCUT2D eigenvalue weighted by Gasteiger charge is -2.30. The van der Waals surface area contributed by atoms with E-state index in [9.17, 15) is 4.79 Å². The molecule has 18 heavy (non-hydrogen) atoms. The fraction of sp³-hybridized carbons (Fsp3) is 0.533. The summed E-state index contributed by atoms with van der Waals surface area (Å²) in [5.74, 6) is 0.0363. The van der Waals surface area contributed by atoms with Crippen LogP contribution in [-0.2, 0) is 0 Å². The Morgan fingerprint density at radius 1 is 1.44 bits per heavy atom. The number of carbonyl (C=O) groups excluding carboxylic acids is 1. The summed E-state index contributed by atoms with van der Waals surface area (Å²) in [5, 5.41) is 0. The minimum absolute atomic E-state index is 0.0363.